The van der Waals surface area contributed by atoms with Crippen LogP contribution < -0.4 is 15.4 Å². The van der Waals surface area contributed by atoms with Crippen LogP contribution in [0.2, 0.25) is 0 Å². The number of alkyl carbamates (subject to hydrolysis) is 1. The first-order chi connectivity index (χ1) is 20.3. The lowest BCUT2D eigenvalue weighted by Crippen LogP contribution is -2.57. The topological polar surface area (TPSA) is 181 Å². The number of sulfonamides is 1. The first-order valence-corrected chi connectivity index (χ1v) is 15.6. The van der Waals surface area contributed by atoms with E-state index < -0.39 is 46.2 Å². The number of benzene rings is 2. The van der Waals surface area contributed by atoms with Gasteiger partial charge >= 0.3 is 12.2 Å². The average molecular weight is 618 g/mol. The monoisotopic (exact) mass is 617 g/mol. The number of methoxy groups -OCH3 is 1. The highest BCUT2D eigenvalue weighted by atomic mass is 32.2. The Balaban J connectivity index is 1.61. The molecule has 4 rings (SSSR count). The van der Waals surface area contributed by atoms with Crippen molar-refractivity contribution < 1.29 is 37.3 Å². The van der Waals surface area contributed by atoms with Gasteiger partial charge in [0.15, 0.2) is 0 Å². The van der Waals surface area contributed by atoms with Crippen LogP contribution in [0.5, 0.6) is 0 Å². The van der Waals surface area contributed by atoms with Crippen molar-refractivity contribution in [3.8, 4) is 0 Å². The molecule has 14 heteroatoms. The Morgan fingerprint density at radius 3 is 2.44 bits per heavy atom. The molecule has 1 aliphatic carbocycles. The first kappa shape index (κ1) is 32.2. The second kappa shape index (κ2) is 13.7. The van der Waals surface area contributed by atoms with Crippen molar-refractivity contribution in [2.24, 2.45) is 0 Å². The maximum absolute atomic E-state index is 13.6. The third kappa shape index (κ3) is 9.13. The highest BCUT2D eigenvalue weighted by Crippen LogP contribution is 2.25. The molecule has 43 heavy (non-hydrogen) atoms. The number of hydrogen-bond acceptors (Lipinski definition) is 9. The van der Waals surface area contributed by atoms with Gasteiger partial charge in [0.2, 0.25) is 16.0 Å². The Bertz CT molecular complexity index is 1500. The summed E-state index contributed by atoms with van der Waals surface area (Å²) in [6, 6.07) is 12.4. The number of aromatic nitrogens is 2. The molecule has 1 aliphatic rings. The molecule has 2 aromatic carbocycles. The number of ether oxygens (including phenoxy) is 3. The summed E-state index contributed by atoms with van der Waals surface area (Å²) >= 11 is 0. The largest absolute Gasteiger partial charge is 0.453 e. The van der Waals surface area contributed by atoms with Crippen LogP contribution in [0.1, 0.15) is 52.0 Å². The zero-order valence-corrected chi connectivity index (χ0v) is 25.4. The molecule has 0 saturated heterocycles. The maximum Gasteiger partial charge on any atom is 0.413 e. The van der Waals surface area contributed by atoms with Crippen molar-refractivity contribution in [1.82, 2.24) is 20.0 Å². The quantitative estimate of drug-likeness (QED) is 0.200. The van der Waals surface area contributed by atoms with E-state index in [0.717, 1.165) is 18.4 Å². The third-order valence-electron chi connectivity index (χ3n) is 6.81. The average Bonchev–Trinajstić information content (AvgIpc) is 3.60. The van der Waals surface area contributed by atoms with Gasteiger partial charge in [0.05, 0.1) is 35.2 Å². The molecule has 1 heterocycles. The lowest BCUT2D eigenvalue weighted by molar-refractivity contribution is -0.0905. The lowest BCUT2D eigenvalue weighted by Gasteiger charge is -2.33. The van der Waals surface area contributed by atoms with Crippen LogP contribution in [0.25, 0.3) is 11.0 Å². The van der Waals surface area contributed by atoms with Gasteiger partial charge in [-0.3, -0.25) is 5.32 Å². The van der Waals surface area contributed by atoms with Gasteiger partial charge in [-0.2, -0.15) is 4.72 Å². The van der Waals surface area contributed by atoms with Gasteiger partial charge in [-0.1, -0.05) is 43.2 Å². The van der Waals surface area contributed by atoms with Gasteiger partial charge in [-0.15, -0.1) is 0 Å². The minimum atomic E-state index is -4.26. The van der Waals surface area contributed by atoms with Crippen molar-refractivity contribution >= 4 is 39.2 Å². The van der Waals surface area contributed by atoms with Gasteiger partial charge in [-0.25, -0.2) is 23.0 Å². The molecule has 5 N–H and O–H groups in total. The Labute approximate surface area is 250 Å². The van der Waals surface area contributed by atoms with Gasteiger partial charge in [0, 0.05) is 0 Å². The van der Waals surface area contributed by atoms with Crippen molar-refractivity contribution in [1.29, 1.82) is 0 Å². The van der Waals surface area contributed by atoms with E-state index in [-0.39, 0.29) is 23.4 Å². The second-order valence-corrected chi connectivity index (χ2v) is 13.1. The van der Waals surface area contributed by atoms with Crippen molar-refractivity contribution in [2.45, 2.75) is 87.8 Å². The molecule has 234 valence electrons. The molecule has 0 aliphatic heterocycles. The van der Waals surface area contributed by atoms with E-state index in [0.29, 0.717) is 23.9 Å². The van der Waals surface area contributed by atoms with Crippen LogP contribution >= 0.6 is 0 Å². The van der Waals surface area contributed by atoms with E-state index in [1.165, 1.54) is 25.3 Å². The number of fused-ring (bicyclic) bond motifs is 1. The third-order valence-corrected chi connectivity index (χ3v) is 8.22. The molecule has 0 bridgehead atoms. The van der Waals surface area contributed by atoms with Crippen LogP contribution in [0, 0.1) is 0 Å². The standard InChI is InChI=1S/C29H39N5O8S/c1-29(2,3)42-28(37)32-23(16-18-10-6-5-7-11-18)24(35)25(41-19-12-8-9-13-19)34-43(38,39)20-14-15-21-22(17-20)31-26(30-21)33-27(36)40-4/h5-7,10-11,14-15,17,19,23-25,34-35H,8-9,12-13,16H2,1-4H3,(H,32,37)(H2,30,31,33,36)/t23-,24+,25?/m0/s1. The molecule has 1 aromatic heterocycles. The summed E-state index contributed by atoms with van der Waals surface area (Å²) in [7, 11) is -3.05. The Morgan fingerprint density at radius 2 is 1.79 bits per heavy atom. The number of amides is 2. The van der Waals surface area contributed by atoms with Crippen molar-refractivity contribution in [3.05, 3.63) is 54.1 Å². The number of imidazole rings is 1. The van der Waals surface area contributed by atoms with Crippen molar-refractivity contribution in [3.63, 3.8) is 0 Å². The van der Waals surface area contributed by atoms with E-state index in [9.17, 15) is 23.1 Å². The maximum atomic E-state index is 13.6. The zero-order chi connectivity index (χ0) is 31.2. The number of aliphatic hydroxyl groups excluding tert-OH is 1. The van der Waals surface area contributed by atoms with Gasteiger partial charge in [-0.05, 0) is 63.8 Å². The smallest absolute Gasteiger partial charge is 0.413 e. The minimum absolute atomic E-state index is 0.0826. The fourth-order valence-electron chi connectivity index (χ4n) is 4.79. The molecule has 0 radical (unpaired) electrons. The highest BCUT2D eigenvalue weighted by Gasteiger charge is 2.36. The van der Waals surface area contributed by atoms with Crippen molar-refractivity contribution in [2.75, 3.05) is 12.4 Å². The van der Waals surface area contributed by atoms with Crippen LogP contribution in [0.3, 0.4) is 0 Å². The van der Waals surface area contributed by atoms with E-state index in [4.69, 9.17) is 9.47 Å². The predicted octanol–water partition coefficient (Wildman–Crippen LogP) is 3.80. The Hall–Kier alpha value is -3.72. The summed E-state index contributed by atoms with van der Waals surface area (Å²) in [6.07, 6.45) is -1.21. The number of nitrogens with one attached hydrogen (secondary N) is 4. The highest BCUT2D eigenvalue weighted by molar-refractivity contribution is 7.89. The number of carbonyl (C=O) groups excluding carboxylic acids is 2. The Kier molecular flexibility index (Phi) is 10.3. The molecule has 1 fully saturated rings. The molecule has 1 saturated carbocycles. The number of carbonyl (C=O) groups is 2. The summed E-state index contributed by atoms with van der Waals surface area (Å²) < 4.78 is 46.0. The number of nitrogens with zero attached hydrogens (tertiary/aromatic N) is 1. The number of hydrogen-bond donors (Lipinski definition) is 5. The summed E-state index contributed by atoms with van der Waals surface area (Å²) in [4.78, 5) is 31.2. The summed E-state index contributed by atoms with van der Waals surface area (Å²) in [5, 5.41) is 16.8. The minimum Gasteiger partial charge on any atom is -0.453 e. The van der Waals surface area contributed by atoms with Crippen LogP contribution in [-0.2, 0) is 30.7 Å². The van der Waals surface area contributed by atoms with Gasteiger partial charge in [0.25, 0.3) is 0 Å². The van der Waals surface area contributed by atoms with Crippen LogP contribution in [-0.4, -0.2) is 72.9 Å². The fraction of sp³-hybridized carbons (Fsp3) is 0.483. The molecule has 3 aromatic rings. The zero-order valence-electron chi connectivity index (χ0n) is 24.6. The first-order valence-electron chi connectivity index (χ1n) is 14.1. The van der Waals surface area contributed by atoms with E-state index in [2.05, 4.69) is 30.1 Å². The molecule has 2 amide bonds. The number of anilines is 1. The summed E-state index contributed by atoms with van der Waals surface area (Å²) in [6.45, 7) is 5.17. The normalized spacial score (nSPS) is 16.4. The molecule has 1 unspecified atom stereocenters. The fourth-order valence-corrected chi connectivity index (χ4v) is 5.95. The van der Waals surface area contributed by atoms with Crippen LogP contribution in [0.15, 0.2) is 53.4 Å². The molecular formula is C29H39N5O8S. The Morgan fingerprint density at radius 1 is 1.09 bits per heavy atom. The number of H-pyrrole nitrogens is 1. The van der Waals surface area contributed by atoms with E-state index in [1.54, 1.807) is 20.8 Å². The number of aromatic amines is 1. The second-order valence-electron chi connectivity index (χ2n) is 11.4. The molecule has 13 nitrogen and oxygen atoms in total. The number of aliphatic hydroxyl groups is 1. The molecule has 3 atom stereocenters. The van der Waals surface area contributed by atoms with Gasteiger partial charge < -0.3 is 29.6 Å². The van der Waals surface area contributed by atoms with Gasteiger partial charge in [0.1, 0.15) is 17.9 Å². The summed E-state index contributed by atoms with van der Waals surface area (Å²) in [5.74, 6) is 0.0826. The van der Waals surface area contributed by atoms with E-state index >= 15 is 0 Å². The summed E-state index contributed by atoms with van der Waals surface area (Å²) in [5.41, 5.74) is 0.780. The molecular weight excluding hydrogens is 578 g/mol. The van der Waals surface area contributed by atoms with Crippen LogP contribution in [0.4, 0.5) is 15.5 Å². The lowest BCUT2D eigenvalue weighted by atomic mass is 10.0. The predicted molar refractivity (Wildman–Crippen MR) is 159 cm³/mol. The van der Waals surface area contributed by atoms with E-state index in [1.807, 2.05) is 30.3 Å². The SMILES string of the molecule is COC(=O)Nc1nc2ccc(S(=O)(=O)NC(OC3CCCC3)[C@H](O)[C@H](Cc3ccccc3)NC(=O)OC(C)(C)C)cc2[nH]1. The molecule has 0 spiro atoms. The number of rotatable bonds is 11.